The summed E-state index contributed by atoms with van der Waals surface area (Å²) in [6.45, 7) is 3.80. The number of rotatable bonds is 5. The van der Waals surface area contributed by atoms with Gasteiger partial charge in [-0.15, -0.1) is 11.8 Å². The van der Waals surface area contributed by atoms with Crippen LogP contribution in [0.25, 0.3) is 0 Å². The van der Waals surface area contributed by atoms with Crippen molar-refractivity contribution in [2.24, 2.45) is 0 Å². The van der Waals surface area contributed by atoms with E-state index >= 15 is 0 Å². The molecule has 0 aromatic carbocycles. The first-order chi connectivity index (χ1) is 8.36. The van der Waals surface area contributed by atoms with Crippen LogP contribution in [0.2, 0.25) is 0 Å². The van der Waals surface area contributed by atoms with Crippen LogP contribution >= 0.6 is 11.8 Å². The zero-order valence-corrected chi connectivity index (χ0v) is 10.8. The number of aromatic nitrogens is 2. The molecule has 4 nitrogen and oxygen atoms in total. The Labute approximate surface area is 107 Å². The topological polar surface area (TPSA) is 58.0 Å². The standard InChI is InChI=1S/C10H14F3N3OS/c1-3-14-7-4-8(18-6(2)5-17)16-9(15-7)10(11,12)13/h4,6,17H,3,5H2,1-2H3,(H,14,15,16). The Morgan fingerprint density at radius 2 is 2.11 bits per heavy atom. The van der Waals surface area contributed by atoms with Gasteiger partial charge in [-0.25, -0.2) is 9.97 Å². The summed E-state index contributed by atoms with van der Waals surface area (Å²) in [5.74, 6) is -1.04. The second-order valence-electron chi connectivity index (χ2n) is 3.55. The quantitative estimate of drug-likeness (QED) is 0.641. The highest BCUT2D eigenvalue weighted by atomic mass is 32.2. The largest absolute Gasteiger partial charge is 0.451 e. The second kappa shape index (κ2) is 6.24. The van der Waals surface area contributed by atoms with Gasteiger partial charge in [-0.1, -0.05) is 6.92 Å². The van der Waals surface area contributed by atoms with Gasteiger partial charge in [0.15, 0.2) is 0 Å². The summed E-state index contributed by atoms with van der Waals surface area (Å²) in [6, 6.07) is 1.44. The molecule has 1 rings (SSSR count). The minimum absolute atomic E-state index is 0.132. The molecule has 1 heterocycles. The lowest BCUT2D eigenvalue weighted by Gasteiger charge is -2.12. The van der Waals surface area contributed by atoms with Crippen molar-refractivity contribution in [1.82, 2.24) is 9.97 Å². The van der Waals surface area contributed by atoms with Crippen molar-refractivity contribution in [1.29, 1.82) is 0 Å². The maximum Gasteiger partial charge on any atom is 0.451 e. The number of alkyl halides is 3. The van der Waals surface area contributed by atoms with E-state index < -0.39 is 12.0 Å². The number of hydrogen-bond donors (Lipinski definition) is 2. The average molecular weight is 281 g/mol. The molecule has 1 atom stereocenters. The van der Waals surface area contributed by atoms with Gasteiger partial charge >= 0.3 is 6.18 Å². The van der Waals surface area contributed by atoms with Crippen LogP contribution < -0.4 is 5.32 Å². The van der Waals surface area contributed by atoms with E-state index in [1.54, 1.807) is 13.8 Å². The van der Waals surface area contributed by atoms with E-state index in [-0.39, 0.29) is 22.7 Å². The number of nitrogens with zero attached hydrogens (tertiary/aromatic N) is 2. The fraction of sp³-hybridized carbons (Fsp3) is 0.600. The van der Waals surface area contributed by atoms with E-state index in [1.165, 1.54) is 6.07 Å². The van der Waals surface area contributed by atoms with Crippen LogP contribution in [0.5, 0.6) is 0 Å². The average Bonchev–Trinajstić information content (AvgIpc) is 2.27. The minimum atomic E-state index is -4.58. The Bertz CT molecular complexity index is 400. The molecular formula is C10H14F3N3OS. The third-order valence-corrected chi connectivity index (χ3v) is 2.90. The van der Waals surface area contributed by atoms with Gasteiger partial charge in [0.05, 0.1) is 6.61 Å². The van der Waals surface area contributed by atoms with Crippen molar-refractivity contribution in [3.63, 3.8) is 0 Å². The number of aliphatic hydroxyl groups excluding tert-OH is 1. The van der Waals surface area contributed by atoms with Crippen molar-refractivity contribution < 1.29 is 18.3 Å². The molecule has 0 bridgehead atoms. The summed E-state index contributed by atoms with van der Waals surface area (Å²) < 4.78 is 37.8. The molecule has 0 amide bonds. The van der Waals surface area contributed by atoms with Gasteiger partial charge < -0.3 is 10.4 Å². The van der Waals surface area contributed by atoms with Crippen LogP contribution in [0.1, 0.15) is 19.7 Å². The molecule has 18 heavy (non-hydrogen) atoms. The Morgan fingerprint density at radius 3 is 2.61 bits per heavy atom. The zero-order valence-electron chi connectivity index (χ0n) is 9.95. The number of nitrogens with one attached hydrogen (secondary N) is 1. The van der Waals surface area contributed by atoms with Gasteiger partial charge in [0.2, 0.25) is 5.82 Å². The lowest BCUT2D eigenvalue weighted by Crippen LogP contribution is -2.14. The first-order valence-corrected chi connectivity index (χ1v) is 6.22. The fourth-order valence-electron chi connectivity index (χ4n) is 1.13. The monoisotopic (exact) mass is 281 g/mol. The maximum atomic E-state index is 12.6. The number of hydrogen-bond acceptors (Lipinski definition) is 5. The van der Waals surface area contributed by atoms with E-state index in [0.29, 0.717) is 6.54 Å². The molecule has 0 aliphatic carbocycles. The molecule has 0 aliphatic rings. The summed E-state index contributed by atoms with van der Waals surface area (Å²) in [4.78, 5) is 6.86. The molecule has 0 radical (unpaired) electrons. The number of aliphatic hydroxyl groups is 1. The Balaban J connectivity index is 3.06. The van der Waals surface area contributed by atoms with Gasteiger partial charge in [-0.2, -0.15) is 13.2 Å². The number of thioether (sulfide) groups is 1. The van der Waals surface area contributed by atoms with Gasteiger partial charge in [-0.05, 0) is 6.92 Å². The van der Waals surface area contributed by atoms with Gasteiger partial charge in [-0.3, -0.25) is 0 Å². The number of anilines is 1. The van der Waals surface area contributed by atoms with E-state index in [2.05, 4.69) is 15.3 Å². The highest BCUT2D eigenvalue weighted by Gasteiger charge is 2.35. The Kier molecular flexibility index (Phi) is 5.21. The molecule has 0 saturated carbocycles. The van der Waals surface area contributed by atoms with E-state index in [1.807, 2.05) is 0 Å². The lowest BCUT2D eigenvalue weighted by molar-refractivity contribution is -0.145. The van der Waals surface area contributed by atoms with Crippen LogP contribution in [0.15, 0.2) is 11.1 Å². The van der Waals surface area contributed by atoms with Crippen LogP contribution in [-0.2, 0) is 6.18 Å². The normalized spacial score (nSPS) is 13.4. The minimum Gasteiger partial charge on any atom is -0.395 e. The highest BCUT2D eigenvalue weighted by molar-refractivity contribution is 7.99. The zero-order chi connectivity index (χ0) is 13.8. The summed E-state index contributed by atoms with van der Waals surface area (Å²) in [5, 5.41) is 11.6. The molecule has 0 aliphatic heterocycles. The van der Waals surface area contributed by atoms with Crippen molar-refractivity contribution in [2.75, 3.05) is 18.5 Å². The summed E-state index contributed by atoms with van der Waals surface area (Å²) in [7, 11) is 0. The van der Waals surface area contributed by atoms with E-state index in [4.69, 9.17) is 5.11 Å². The van der Waals surface area contributed by atoms with Crippen LogP contribution in [0.3, 0.4) is 0 Å². The molecule has 1 aromatic heterocycles. The smallest absolute Gasteiger partial charge is 0.395 e. The predicted octanol–water partition coefficient (Wildman–Crippen LogP) is 2.40. The first kappa shape index (κ1) is 15.0. The van der Waals surface area contributed by atoms with Gasteiger partial charge in [0, 0.05) is 17.9 Å². The van der Waals surface area contributed by atoms with E-state index in [0.717, 1.165) is 11.8 Å². The Morgan fingerprint density at radius 1 is 1.44 bits per heavy atom. The van der Waals surface area contributed by atoms with Crippen molar-refractivity contribution in [3.8, 4) is 0 Å². The highest BCUT2D eigenvalue weighted by Crippen LogP contribution is 2.30. The summed E-state index contributed by atoms with van der Waals surface area (Å²) in [5.41, 5.74) is 0. The SMILES string of the molecule is CCNc1cc(SC(C)CO)nc(C(F)(F)F)n1. The maximum absolute atomic E-state index is 12.6. The van der Waals surface area contributed by atoms with Gasteiger partial charge in [0.1, 0.15) is 10.8 Å². The van der Waals surface area contributed by atoms with Crippen LogP contribution in [0, 0.1) is 0 Å². The van der Waals surface area contributed by atoms with E-state index in [9.17, 15) is 13.2 Å². The van der Waals surface area contributed by atoms with Crippen molar-refractivity contribution in [2.45, 2.75) is 30.3 Å². The molecule has 102 valence electrons. The fourth-order valence-corrected chi connectivity index (χ4v) is 1.93. The molecular weight excluding hydrogens is 267 g/mol. The second-order valence-corrected chi connectivity index (χ2v) is 5.01. The van der Waals surface area contributed by atoms with Crippen molar-refractivity contribution >= 4 is 17.6 Å². The molecule has 8 heteroatoms. The summed E-state index contributed by atoms with van der Waals surface area (Å²) in [6.07, 6.45) is -4.58. The first-order valence-electron chi connectivity index (χ1n) is 5.34. The van der Waals surface area contributed by atoms with Crippen LogP contribution in [-0.4, -0.2) is 33.5 Å². The lowest BCUT2D eigenvalue weighted by atomic mass is 10.5. The number of halogens is 3. The van der Waals surface area contributed by atoms with Crippen LogP contribution in [0.4, 0.5) is 19.0 Å². The van der Waals surface area contributed by atoms with Gasteiger partial charge in [0.25, 0.3) is 0 Å². The summed E-state index contributed by atoms with van der Waals surface area (Å²) >= 11 is 1.07. The van der Waals surface area contributed by atoms with Crippen molar-refractivity contribution in [3.05, 3.63) is 11.9 Å². The molecule has 0 saturated heterocycles. The molecule has 2 N–H and O–H groups in total. The molecule has 1 unspecified atom stereocenters. The Hall–Kier alpha value is -1.02. The molecule has 0 fully saturated rings. The third kappa shape index (κ3) is 4.34. The third-order valence-electron chi connectivity index (χ3n) is 1.89. The predicted molar refractivity (Wildman–Crippen MR) is 63.6 cm³/mol. The molecule has 1 aromatic rings. The molecule has 0 spiro atoms.